The zero-order valence-electron chi connectivity index (χ0n) is 14.0. The van der Waals surface area contributed by atoms with Crippen LogP contribution in [-0.2, 0) is 11.3 Å². The number of aliphatic imine (C=N–C) groups is 1. The first kappa shape index (κ1) is 21.1. The normalized spacial score (nSPS) is 11.6. The number of carbonyl (C=O) groups is 1. The van der Waals surface area contributed by atoms with Crippen LogP contribution >= 0.6 is 35.3 Å². The van der Waals surface area contributed by atoms with E-state index >= 15 is 0 Å². The number of hydrogen-bond donors (Lipinski definition) is 3. The Hall–Kier alpha value is -0.900. The number of amides is 1. The molecule has 6 nitrogen and oxygen atoms in total. The minimum Gasteiger partial charge on any atom is -0.350 e. The van der Waals surface area contributed by atoms with Crippen LogP contribution in [0, 0.1) is 13.8 Å². The second-order valence-corrected chi connectivity index (χ2v) is 7.11. The van der Waals surface area contributed by atoms with Gasteiger partial charge in [0.15, 0.2) is 5.96 Å². The molecular formula is C14H26IN5OS. The van der Waals surface area contributed by atoms with E-state index in [1.807, 2.05) is 27.7 Å². The molecule has 0 unspecified atom stereocenters. The molecule has 126 valence electrons. The van der Waals surface area contributed by atoms with Crippen LogP contribution in [0.5, 0.6) is 0 Å². The summed E-state index contributed by atoms with van der Waals surface area (Å²) in [6, 6.07) is 0. The molecule has 0 radical (unpaired) electrons. The van der Waals surface area contributed by atoms with E-state index in [-0.39, 0.29) is 42.0 Å². The van der Waals surface area contributed by atoms with Crippen LogP contribution in [0.2, 0.25) is 0 Å². The van der Waals surface area contributed by atoms with E-state index in [0.29, 0.717) is 12.5 Å². The Labute approximate surface area is 153 Å². The molecule has 1 amide bonds. The first-order valence-corrected chi connectivity index (χ1v) is 7.71. The molecule has 0 aliphatic carbocycles. The molecule has 3 N–H and O–H groups in total. The largest absolute Gasteiger partial charge is 0.350 e. The van der Waals surface area contributed by atoms with E-state index in [4.69, 9.17) is 0 Å². The summed E-state index contributed by atoms with van der Waals surface area (Å²) in [6.07, 6.45) is 0. The van der Waals surface area contributed by atoms with Crippen molar-refractivity contribution in [2.45, 2.75) is 46.7 Å². The molecule has 22 heavy (non-hydrogen) atoms. The lowest BCUT2D eigenvalue weighted by Gasteiger charge is -2.21. The van der Waals surface area contributed by atoms with Gasteiger partial charge in [0.25, 0.3) is 0 Å². The molecule has 0 aromatic carbocycles. The molecule has 1 rings (SSSR count). The molecule has 0 fully saturated rings. The van der Waals surface area contributed by atoms with Crippen molar-refractivity contribution < 1.29 is 4.79 Å². The van der Waals surface area contributed by atoms with E-state index in [2.05, 4.69) is 32.9 Å². The quantitative estimate of drug-likeness (QED) is 0.381. The van der Waals surface area contributed by atoms with Crippen molar-refractivity contribution in [2.24, 2.45) is 4.99 Å². The topological polar surface area (TPSA) is 78.4 Å². The van der Waals surface area contributed by atoms with Gasteiger partial charge < -0.3 is 16.0 Å². The Kier molecular flexibility index (Phi) is 8.91. The van der Waals surface area contributed by atoms with Crippen molar-refractivity contribution >= 4 is 47.2 Å². The lowest BCUT2D eigenvalue weighted by Crippen LogP contribution is -2.48. The lowest BCUT2D eigenvalue weighted by atomic mass is 10.1. The van der Waals surface area contributed by atoms with E-state index in [9.17, 15) is 4.79 Å². The first-order chi connectivity index (χ1) is 9.71. The summed E-state index contributed by atoms with van der Waals surface area (Å²) < 4.78 is 0. The average Bonchev–Trinajstić information content (AvgIpc) is 2.67. The summed E-state index contributed by atoms with van der Waals surface area (Å²) in [5.41, 5.74) is 0.829. The SMILES string of the molecule is CN=C(NCC(=O)NC(C)(C)C)NCc1nc(C)c(C)s1.I. The predicted octanol–water partition coefficient (Wildman–Crippen LogP) is 1.96. The van der Waals surface area contributed by atoms with Crippen molar-refractivity contribution in [2.75, 3.05) is 13.6 Å². The molecule has 0 spiro atoms. The molecule has 0 aliphatic heterocycles. The molecule has 0 aliphatic rings. The molecule has 0 atom stereocenters. The summed E-state index contributed by atoms with van der Waals surface area (Å²) in [5.74, 6) is 0.524. The molecule has 0 saturated carbocycles. The number of rotatable bonds is 4. The van der Waals surface area contributed by atoms with Crippen molar-refractivity contribution in [1.82, 2.24) is 20.9 Å². The van der Waals surface area contributed by atoms with Crippen molar-refractivity contribution in [3.63, 3.8) is 0 Å². The Morgan fingerprint density at radius 2 is 1.91 bits per heavy atom. The highest BCUT2D eigenvalue weighted by molar-refractivity contribution is 14.0. The summed E-state index contributed by atoms with van der Waals surface area (Å²) in [5, 5.41) is 10.0. The molecule has 1 aromatic heterocycles. The number of thiazole rings is 1. The van der Waals surface area contributed by atoms with Crippen molar-refractivity contribution in [1.29, 1.82) is 0 Å². The van der Waals surface area contributed by atoms with Gasteiger partial charge in [0, 0.05) is 17.5 Å². The van der Waals surface area contributed by atoms with Crippen LogP contribution in [0.1, 0.15) is 36.3 Å². The summed E-state index contributed by atoms with van der Waals surface area (Å²) in [7, 11) is 1.68. The maximum absolute atomic E-state index is 11.7. The molecular weight excluding hydrogens is 413 g/mol. The van der Waals surface area contributed by atoms with E-state index in [1.54, 1.807) is 18.4 Å². The van der Waals surface area contributed by atoms with Gasteiger partial charge in [-0.2, -0.15) is 0 Å². The number of guanidine groups is 1. The highest BCUT2D eigenvalue weighted by Gasteiger charge is 2.13. The van der Waals surface area contributed by atoms with E-state index < -0.39 is 0 Å². The lowest BCUT2D eigenvalue weighted by molar-refractivity contribution is -0.121. The molecule has 8 heteroatoms. The van der Waals surface area contributed by atoms with Crippen LogP contribution in [0.25, 0.3) is 0 Å². The number of nitrogens with zero attached hydrogens (tertiary/aromatic N) is 2. The van der Waals surface area contributed by atoms with Gasteiger partial charge in [0.1, 0.15) is 5.01 Å². The van der Waals surface area contributed by atoms with E-state index in [1.165, 1.54) is 4.88 Å². The Morgan fingerprint density at radius 3 is 2.36 bits per heavy atom. The smallest absolute Gasteiger partial charge is 0.239 e. The zero-order valence-corrected chi connectivity index (χ0v) is 17.2. The van der Waals surface area contributed by atoms with E-state index in [0.717, 1.165) is 10.7 Å². The third kappa shape index (κ3) is 7.92. The van der Waals surface area contributed by atoms with Gasteiger partial charge >= 0.3 is 0 Å². The second-order valence-electron chi connectivity index (χ2n) is 5.83. The van der Waals surface area contributed by atoms with Gasteiger partial charge in [-0.25, -0.2) is 4.98 Å². The molecule has 1 aromatic rings. The number of carbonyl (C=O) groups excluding carboxylic acids is 1. The fourth-order valence-electron chi connectivity index (χ4n) is 1.62. The zero-order chi connectivity index (χ0) is 16.0. The maximum Gasteiger partial charge on any atom is 0.239 e. The molecule has 0 bridgehead atoms. The number of aromatic nitrogens is 1. The van der Waals surface area contributed by atoms with Crippen LogP contribution in [0.3, 0.4) is 0 Å². The second kappa shape index (κ2) is 9.29. The van der Waals surface area contributed by atoms with Gasteiger partial charge in [-0.1, -0.05) is 0 Å². The fraction of sp³-hybridized carbons (Fsp3) is 0.643. The molecule has 1 heterocycles. The average molecular weight is 439 g/mol. The Bertz CT molecular complexity index is 502. The predicted molar refractivity (Wildman–Crippen MR) is 103 cm³/mol. The van der Waals surface area contributed by atoms with Gasteiger partial charge in [-0.15, -0.1) is 35.3 Å². The van der Waals surface area contributed by atoms with Crippen LogP contribution in [-0.4, -0.2) is 36.0 Å². The minimum absolute atomic E-state index is 0. The highest BCUT2D eigenvalue weighted by atomic mass is 127. The van der Waals surface area contributed by atoms with Crippen LogP contribution in [0.4, 0.5) is 0 Å². The Morgan fingerprint density at radius 1 is 1.27 bits per heavy atom. The van der Waals surface area contributed by atoms with Gasteiger partial charge in [-0.05, 0) is 34.6 Å². The number of aryl methyl sites for hydroxylation is 2. The maximum atomic E-state index is 11.7. The van der Waals surface area contributed by atoms with Crippen molar-refractivity contribution in [3.05, 3.63) is 15.6 Å². The van der Waals surface area contributed by atoms with Crippen molar-refractivity contribution in [3.8, 4) is 0 Å². The van der Waals surface area contributed by atoms with Gasteiger partial charge in [-0.3, -0.25) is 9.79 Å². The third-order valence-electron chi connectivity index (χ3n) is 2.63. The molecule has 0 saturated heterocycles. The standard InChI is InChI=1S/C14H25N5OS.HI/c1-9-10(2)21-12(18-9)8-17-13(15-6)16-7-11(20)19-14(3,4)5;/h7-8H2,1-6H3,(H,19,20)(H2,15,16,17);1H. The highest BCUT2D eigenvalue weighted by Crippen LogP contribution is 2.15. The van der Waals surface area contributed by atoms with Gasteiger partial charge in [0.2, 0.25) is 5.91 Å². The van der Waals surface area contributed by atoms with Crippen LogP contribution in [0.15, 0.2) is 4.99 Å². The summed E-state index contributed by atoms with van der Waals surface area (Å²) in [6.45, 7) is 10.7. The first-order valence-electron chi connectivity index (χ1n) is 6.89. The Balaban J connectivity index is 0.00000441. The number of nitrogens with one attached hydrogen (secondary N) is 3. The van der Waals surface area contributed by atoms with Gasteiger partial charge in [0.05, 0.1) is 18.8 Å². The summed E-state index contributed by atoms with van der Waals surface area (Å²) >= 11 is 1.66. The monoisotopic (exact) mass is 439 g/mol. The van der Waals surface area contributed by atoms with Crippen LogP contribution < -0.4 is 16.0 Å². The fourth-order valence-corrected chi connectivity index (χ4v) is 2.49. The number of hydrogen-bond acceptors (Lipinski definition) is 4. The minimum atomic E-state index is -0.231. The summed E-state index contributed by atoms with van der Waals surface area (Å²) in [4.78, 5) is 21.5. The third-order valence-corrected chi connectivity index (χ3v) is 3.71. The number of halogens is 1.